The molecule has 3 aliphatic rings. The van der Waals surface area contributed by atoms with Crippen molar-refractivity contribution < 1.29 is 9.18 Å². The first-order valence-electron chi connectivity index (χ1n) is 12.2. The van der Waals surface area contributed by atoms with Gasteiger partial charge in [-0.3, -0.25) is 4.79 Å². The number of benzene rings is 2. The first kappa shape index (κ1) is 22.5. The largest absolute Gasteiger partial charge is 0.360 e. The molecular weight excluding hydrogens is 465 g/mol. The van der Waals surface area contributed by atoms with Gasteiger partial charge in [0.15, 0.2) is 0 Å². The van der Waals surface area contributed by atoms with Crippen LogP contribution in [-0.2, 0) is 25.6 Å². The number of rotatable bonds is 6. The molecule has 0 saturated heterocycles. The van der Waals surface area contributed by atoms with Gasteiger partial charge in [-0.1, -0.05) is 24.3 Å². The van der Waals surface area contributed by atoms with Gasteiger partial charge in [0.1, 0.15) is 18.3 Å². The van der Waals surface area contributed by atoms with E-state index in [0.29, 0.717) is 25.9 Å². The number of nitrogens with one attached hydrogen (secondary N) is 1. The van der Waals surface area contributed by atoms with Crippen molar-refractivity contribution in [2.75, 3.05) is 4.90 Å². The molecule has 1 aliphatic heterocycles. The van der Waals surface area contributed by atoms with Crippen molar-refractivity contribution in [1.82, 2.24) is 20.1 Å². The number of fused-ring (bicyclic) bond motifs is 1. The smallest absolute Gasteiger partial charge is 0.251 e. The zero-order chi connectivity index (χ0) is 24.4. The molecule has 8 heteroatoms. The zero-order valence-electron chi connectivity index (χ0n) is 20.0. The first-order valence-corrected chi connectivity index (χ1v) is 12.6. The Bertz CT molecular complexity index is 1300. The predicted octanol–water partition coefficient (Wildman–Crippen LogP) is 4.64. The van der Waals surface area contributed by atoms with E-state index in [2.05, 4.69) is 51.6 Å². The highest BCUT2D eigenvalue weighted by atomic mass is 35.5. The number of carbonyl (C=O) groups excluding carboxylic acids is 1. The summed E-state index contributed by atoms with van der Waals surface area (Å²) < 4.78 is 16.2. The highest BCUT2D eigenvalue weighted by Crippen LogP contribution is 2.51. The quantitative estimate of drug-likeness (QED) is 0.508. The van der Waals surface area contributed by atoms with Crippen LogP contribution in [0.1, 0.15) is 65.5 Å². The molecule has 0 bridgehead atoms. The summed E-state index contributed by atoms with van der Waals surface area (Å²) in [6.45, 7) is 3.42. The van der Waals surface area contributed by atoms with E-state index in [1.807, 2.05) is 29.8 Å². The molecule has 2 fully saturated rings. The molecule has 0 unspecified atom stereocenters. The molecule has 1 amide bonds. The lowest BCUT2D eigenvalue weighted by molar-refractivity contribution is 0.0965. The summed E-state index contributed by atoms with van der Waals surface area (Å²) in [6.07, 6.45) is 3.58. The Kier molecular flexibility index (Phi) is 5.18. The van der Waals surface area contributed by atoms with Gasteiger partial charge in [0.2, 0.25) is 0 Å². The van der Waals surface area contributed by atoms with Gasteiger partial charge < -0.3 is 14.8 Å². The van der Waals surface area contributed by atoms with Crippen molar-refractivity contribution in [3.8, 4) is 0 Å². The fourth-order valence-corrected chi connectivity index (χ4v) is 6.35. The van der Waals surface area contributed by atoms with Gasteiger partial charge in [0.25, 0.3) is 5.91 Å². The van der Waals surface area contributed by atoms with Gasteiger partial charge in [-0.15, -0.1) is 21.8 Å². The molecule has 0 radical (unpaired) electrons. The van der Waals surface area contributed by atoms with Crippen molar-refractivity contribution in [3.05, 3.63) is 76.9 Å². The Morgan fingerprint density at radius 3 is 2.74 bits per heavy atom. The molecule has 2 saturated carbocycles. The second-order valence-electron chi connectivity index (χ2n) is 10.5. The van der Waals surface area contributed by atoms with Crippen LogP contribution < -0.4 is 10.2 Å². The Morgan fingerprint density at radius 1 is 1.26 bits per heavy atom. The summed E-state index contributed by atoms with van der Waals surface area (Å²) in [5.41, 5.74) is 4.24. The highest BCUT2D eigenvalue weighted by molar-refractivity contribution is 6.22. The van der Waals surface area contributed by atoms with Crippen LogP contribution in [0, 0.1) is 0 Å². The van der Waals surface area contributed by atoms with Gasteiger partial charge >= 0.3 is 0 Å². The van der Waals surface area contributed by atoms with E-state index in [-0.39, 0.29) is 16.8 Å². The average Bonchev–Trinajstić information content (AvgIpc) is 3.44. The second-order valence-corrected chi connectivity index (χ2v) is 11.1. The fourth-order valence-electron chi connectivity index (χ4n) is 6.01. The third-order valence-electron chi connectivity index (χ3n) is 8.38. The van der Waals surface area contributed by atoms with Crippen molar-refractivity contribution in [2.45, 2.75) is 68.2 Å². The van der Waals surface area contributed by atoms with Crippen LogP contribution >= 0.6 is 11.6 Å². The van der Waals surface area contributed by atoms with Gasteiger partial charge in [0.05, 0.1) is 16.3 Å². The Labute approximate surface area is 209 Å². The molecule has 35 heavy (non-hydrogen) atoms. The highest BCUT2D eigenvalue weighted by Gasteiger charge is 2.51. The number of nitrogens with zero attached hydrogens (tertiary/aromatic N) is 4. The molecule has 2 aromatic carbocycles. The molecule has 182 valence electrons. The number of anilines is 1. The van der Waals surface area contributed by atoms with Crippen LogP contribution in [-0.4, -0.2) is 37.8 Å². The summed E-state index contributed by atoms with van der Waals surface area (Å²) in [6, 6.07) is 14.5. The average molecular weight is 494 g/mol. The summed E-state index contributed by atoms with van der Waals surface area (Å²) in [4.78, 5) is 14.6. The van der Waals surface area contributed by atoms with E-state index in [9.17, 15) is 9.18 Å². The van der Waals surface area contributed by atoms with Crippen LogP contribution in [0.25, 0.3) is 0 Å². The molecule has 0 spiro atoms. The Morgan fingerprint density at radius 2 is 2.09 bits per heavy atom. The third kappa shape index (κ3) is 3.46. The van der Waals surface area contributed by atoms with E-state index in [1.165, 1.54) is 0 Å². The van der Waals surface area contributed by atoms with Crippen molar-refractivity contribution in [3.63, 3.8) is 0 Å². The fraction of sp³-hybridized carbons (Fsp3) is 0.444. The number of carbonyl (C=O) groups is 1. The number of amides is 1. The third-order valence-corrected chi connectivity index (χ3v) is 9.07. The van der Waals surface area contributed by atoms with Crippen molar-refractivity contribution in [2.24, 2.45) is 7.05 Å². The van der Waals surface area contributed by atoms with Gasteiger partial charge in [-0.25, -0.2) is 4.39 Å². The maximum Gasteiger partial charge on any atom is 0.251 e. The Balaban J connectivity index is 1.40. The summed E-state index contributed by atoms with van der Waals surface area (Å²) in [7, 11) is 1.91. The van der Waals surface area contributed by atoms with Crippen molar-refractivity contribution in [1.29, 1.82) is 0 Å². The van der Waals surface area contributed by atoms with Gasteiger partial charge in [0, 0.05) is 31.4 Å². The maximum atomic E-state index is 14.3. The molecule has 2 aliphatic carbocycles. The number of aromatic nitrogens is 3. The van der Waals surface area contributed by atoms with Gasteiger partial charge in [-0.05, 0) is 67.5 Å². The van der Waals surface area contributed by atoms with Crippen LogP contribution in [0.2, 0.25) is 0 Å². The number of aryl methyl sites for hydroxylation is 1. The number of hydrogen-bond acceptors (Lipinski definition) is 4. The summed E-state index contributed by atoms with van der Waals surface area (Å²) in [5, 5.41) is 11.4. The molecule has 2 atom stereocenters. The standard InChI is InChI=1S/C27H29ClFN5O/c1-26(9-8-23(26)28)34(15-17-6-7-18-14-30-24(35)22(18)10-17)21-5-3-4-19(11-21)27(12-20(29)13-27)25-32-31-16-33(25)2/h3-7,10-11,16,20,23H,8-9,12-15H2,1-2H3,(H,30,35)/t20?,23-,26-,27?/m1/s1. The normalized spacial score (nSPS) is 29.2. The van der Waals surface area contributed by atoms with Crippen LogP contribution in [0.15, 0.2) is 48.8 Å². The van der Waals surface area contributed by atoms with E-state index >= 15 is 0 Å². The minimum Gasteiger partial charge on any atom is -0.360 e. The minimum atomic E-state index is -0.847. The molecule has 3 aromatic rings. The minimum absolute atomic E-state index is 0.0168. The summed E-state index contributed by atoms with van der Waals surface area (Å²) >= 11 is 6.80. The summed E-state index contributed by atoms with van der Waals surface area (Å²) in [5.74, 6) is 0.779. The number of halogens is 2. The van der Waals surface area contributed by atoms with Gasteiger partial charge in [-0.2, -0.15) is 0 Å². The first-order chi connectivity index (χ1) is 16.8. The van der Waals surface area contributed by atoms with E-state index in [4.69, 9.17) is 11.6 Å². The number of hydrogen-bond donors (Lipinski definition) is 1. The van der Waals surface area contributed by atoms with Crippen LogP contribution in [0.3, 0.4) is 0 Å². The zero-order valence-corrected chi connectivity index (χ0v) is 20.7. The predicted molar refractivity (Wildman–Crippen MR) is 133 cm³/mol. The Hall–Kier alpha value is -2.93. The second kappa shape index (κ2) is 8.05. The molecule has 6 nitrogen and oxygen atoms in total. The molecule has 1 aromatic heterocycles. The topological polar surface area (TPSA) is 63.1 Å². The molecular formula is C27H29ClFN5O. The molecule has 1 N–H and O–H groups in total. The lowest BCUT2D eigenvalue weighted by Crippen LogP contribution is -2.59. The van der Waals surface area contributed by atoms with Crippen LogP contribution in [0.4, 0.5) is 10.1 Å². The molecule has 6 rings (SSSR count). The monoisotopic (exact) mass is 493 g/mol. The van der Waals surface area contributed by atoms with Crippen molar-refractivity contribution >= 4 is 23.2 Å². The number of alkyl halides is 2. The van der Waals surface area contributed by atoms with E-state index in [0.717, 1.165) is 46.6 Å². The van der Waals surface area contributed by atoms with Crippen LogP contribution in [0.5, 0.6) is 0 Å². The SMILES string of the molecule is Cn1cnnc1C1(c2cccc(N(Cc3ccc4c(c3)C(=O)NC4)[C@]3(C)CC[C@H]3Cl)c2)CC(F)C1. The van der Waals surface area contributed by atoms with E-state index in [1.54, 1.807) is 6.33 Å². The lowest BCUT2D eigenvalue weighted by atomic mass is 9.62. The van der Waals surface area contributed by atoms with E-state index < -0.39 is 11.6 Å². The molecule has 2 heterocycles. The lowest BCUT2D eigenvalue weighted by Gasteiger charge is -2.53. The maximum absolute atomic E-state index is 14.3.